The quantitative estimate of drug-likeness (QED) is 0.416. The predicted molar refractivity (Wildman–Crippen MR) is 114 cm³/mol. The molecule has 0 aliphatic heterocycles. The molecule has 3 heterocycles. The van der Waals surface area contributed by atoms with Crippen LogP contribution in [0.5, 0.6) is 0 Å². The lowest BCUT2D eigenvalue weighted by Gasteiger charge is -2.07. The minimum atomic E-state index is -0.758. The summed E-state index contributed by atoms with van der Waals surface area (Å²) in [6.07, 6.45) is 1.55. The van der Waals surface area contributed by atoms with Gasteiger partial charge in [0.15, 0.2) is 5.52 Å². The summed E-state index contributed by atoms with van der Waals surface area (Å²) in [5, 5.41) is 9.08. The molecule has 0 aliphatic carbocycles. The maximum absolute atomic E-state index is 13.6. The molecule has 0 spiro atoms. The molecule has 2 aromatic carbocycles. The third kappa shape index (κ3) is 3.38. The highest BCUT2D eigenvalue weighted by Gasteiger charge is 2.20. The van der Waals surface area contributed by atoms with Gasteiger partial charge in [0, 0.05) is 24.3 Å². The maximum Gasteiger partial charge on any atom is 0.352 e. The number of benzene rings is 2. The number of halogens is 3. The number of rotatable bonds is 4. The third-order valence-electron chi connectivity index (χ3n) is 5.07. The van der Waals surface area contributed by atoms with Crippen LogP contribution in [0, 0.1) is 11.6 Å². The van der Waals surface area contributed by atoms with Crippen molar-refractivity contribution in [2.24, 2.45) is 7.05 Å². The molecule has 0 saturated heterocycles. The van der Waals surface area contributed by atoms with E-state index in [4.69, 9.17) is 11.6 Å². The molecule has 0 radical (unpaired) electrons. The number of hydrogen-bond acceptors (Lipinski definition) is 4. The number of hydrogen-bond donors (Lipinski definition) is 0. The van der Waals surface area contributed by atoms with Gasteiger partial charge in [0.05, 0.1) is 13.1 Å². The molecule has 0 amide bonds. The fourth-order valence-electron chi connectivity index (χ4n) is 3.69. The Morgan fingerprint density at radius 3 is 2.31 bits per heavy atom. The topological polar surface area (TPSA) is 79.1 Å². The Bertz CT molecular complexity index is 1590. The van der Waals surface area contributed by atoms with Crippen LogP contribution in [0.3, 0.4) is 0 Å². The predicted octanol–water partition coefficient (Wildman–Crippen LogP) is 2.57. The second-order valence-corrected chi connectivity index (χ2v) is 7.84. The first-order valence-corrected chi connectivity index (χ1v) is 9.93. The summed E-state index contributed by atoms with van der Waals surface area (Å²) in [6, 6.07) is 9.92. The van der Waals surface area contributed by atoms with E-state index in [0.29, 0.717) is 10.5 Å². The van der Waals surface area contributed by atoms with Crippen molar-refractivity contribution in [1.82, 2.24) is 28.5 Å². The molecule has 162 valence electrons. The molecular formula is C21H15ClF2N6O2. The van der Waals surface area contributed by atoms with Crippen LogP contribution in [-0.4, -0.2) is 28.5 Å². The van der Waals surface area contributed by atoms with Crippen LogP contribution in [0.1, 0.15) is 11.1 Å². The summed E-state index contributed by atoms with van der Waals surface area (Å²) in [7, 11) is 1.64. The molecule has 0 unspecified atom stereocenters. The van der Waals surface area contributed by atoms with E-state index in [1.54, 1.807) is 37.5 Å². The Labute approximate surface area is 183 Å². The van der Waals surface area contributed by atoms with E-state index >= 15 is 0 Å². The van der Waals surface area contributed by atoms with Gasteiger partial charge in [-0.05, 0) is 35.4 Å². The fraction of sp³-hybridized carbons (Fsp3) is 0.143. The van der Waals surface area contributed by atoms with Crippen molar-refractivity contribution >= 4 is 28.4 Å². The van der Waals surface area contributed by atoms with Crippen LogP contribution in [0.15, 0.2) is 58.3 Å². The summed E-state index contributed by atoms with van der Waals surface area (Å²) in [5.74, 6) is -1.43. The highest BCUT2D eigenvalue weighted by Crippen LogP contribution is 2.14. The van der Waals surface area contributed by atoms with E-state index < -0.39 is 22.9 Å². The first kappa shape index (κ1) is 20.1. The molecule has 5 rings (SSSR count). The van der Waals surface area contributed by atoms with E-state index in [1.807, 2.05) is 0 Å². The number of aromatic nitrogens is 6. The highest BCUT2D eigenvalue weighted by molar-refractivity contribution is 6.30. The van der Waals surface area contributed by atoms with E-state index in [1.165, 1.54) is 13.6 Å². The third-order valence-corrected chi connectivity index (χ3v) is 5.32. The smallest absolute Gasteiger partial charge is 0.273 e. The summed E-state index contributed by atoms with van der Waals surface area (Å²) in [6.45, 7) is -0.0524. The first-order chi connectivity index (χ1) is 15.3. The van der Waals surface area contributed by atoms with Gasteiger partial charge in [-0.2, -0.15) is 5.10 Å². The molecule has 0 aliphatic rings. The number of fused-ring (bicyclic) bond motifs is 3. The van der Waals surface area contributed by atoms with E-state index in [2.05, 4.69) is 10.2 Å². The summed E-state index contributed by atoms with van der Waals surface area (Å²) in [4.78, 5) is 26.4. The van der Waals surface area contributed by atoms with Gasteiger partial charge < -0.3 is 0 Å². The summed E-state index contributed by atoms with van der Waals surface area (Å²) in [5.41, 5.74) is 0.406. The van der Waals surface area contributed by atoms with E-state index in [0.717, 1.165) is 28.4 Å². The van der Waals surface area contributed by atoms with Gasteiger partial charge in [-0.3, -0.25) is 14.0 Å². The highest BCUT2D eigenvalue weighted by atomic mass is 35.5. The van der Waals surface area contributed by atoms with Crippen LogP contribution < -0.4 is 11.2 Å². The Morgan fingerprint density at radius 1 is 0.938 bits per heavy atom. The standard InChI is InChI=1S/C21H15ClF2N6O2/c1-27-11-17-18(25-27)19(31)28(9-12-2-4-14(22)5-3-12)20-26-29(21(32)30(17)20)10-13-6-15(23)8-16(24)7-13/h2-8,11H,9-10H2,1H3. The molecule has 11 heteroatoms. The number of nitrogens with zero attached hydrogens (tertiary/aromatic N) is 6. The molecule has 0 bridgehead atoms. The fourth-order valence-corrected chi connectivity index (χ4v) is 3.81. The summed E-state index contributed by atoms with van der Waals surface area (Å²) >= 11 is 5.95. The van der Waals surface area contributed by atoms with Crippen molar-refractivity contribution in [2.75, 3.05) is 0 Å². The van der Waals surface area contributed by atoms with Crippen LogP contribution in [0.25, 0.3) is 16.8 Å². The van der Waals surface area contributed by atoms with E-state index in [9.17, 15) is 18.4 Å². The van der Waals surface area contributed by atoms with Crippen molar-refractivity contribution in [2.45, 2.75) is 13.1 Å². The van der Waals surface area contributed by atoms with Gasteiger partial charge in [-0.25, -0.2) is 22.7 Å². The average molecular weight is 457 g/mol. The zero-order chi connectivity index (χ0) is 22.6. The molecule has 5 aromatic rings. The van der Waals surface area contributed by atoms with Gasteiger partial charge in [0.1, 0.15) is 17.2 Å². The van der Waals surface area contributed by atoms with Crippen molar-refractivity contribution in [3.8, 4) is 0 Å². The molecule has 0 atom stereocenters. The number of aryl methyl sites for hydroxylation is 1. The van der Waals surface area contributed by atoms with Gasteiger partial charge in [0.25, 0.3) is 5.56 Å². The van der Waals surface area contributed by atoms with Gasteiger partial charge in [-0.1, -0.05) is 23.7 Å². The van der Waals surface area contributed by atoms with Gasteiger partial charge >= 0.3 is 5.69 Å². The molecule has 0 saturated carbocycles. The second-order valence-electron chi connectivity index (χ2n) is 7.41. The van der Waals surface area contributed by atoms with Gasteiger partial charge in [-0.15, -0.1) is 5.10 Å². The van der Waals surface area contributed by atoms with Gasteiger partial charge in [0.2, 0.25) is 5.78 Å². The Hall–Kier alpha value is -3.79. The van der Waals surface area contributed by atoms with Crippen molar-refractivity contribution in [3.63, 3.8) is 0 Å². The van der Waals surface area contributed by atoms with Crippen LogP contribution >= 0.6 is 11.6 Å². The van der Waals surface area contributed by atoms with Crippen molar-refractivity contribution < 1.29 is 8.78 Å². The molecule has 0 N–H and O–H groups in total. The monoisotopic (exact) mass is 456 g/mol. The minimum Gasteiger partial charge on any atom is -0.273 e. The van der Waals surface area contributed by atoms with Crippen molar-refractivity contribution in [1.29, 1.82) is 0 Å². The molecule has 32 heavy (non-hydrogen) atoms. The normalized spacial score (nSPS) is 11.6. The van der Waals surface area contributed by atoms with Crippen LogP contribution in [-0.2, 0) is 20.1 Å². The van der Waals surface area contributed by atoms with Crippen LogP contribution in [0.2, 0.25) is 5.02 Å². The molecular weight excluding hydrogens is 442 g/mol. The lowest BCUT2D eigenvalue weighted by atomic mass is 10.2. The average Bonchev–Trinajstić information content (AvgIpc) is 3.26. The lowest BCUT2D eigenvalue weighted by molar-refractivity contribution is 0.572. The SMILES string of the molecule is Cn1cc2c(n1)c(=O)n(Cc1ccc(Cl)cc1)c1nn(Cc3cc(F)cc(F)c3)c(=O)n21. The molecule has 3 aromatic heterocycles. The van der Waals surface area contributed by atoms with E-state index in [-0.39, 0.29) is 29.9 Å². The Kier molecular flexibility index (Phi) is 4.66. The van der Waals surface area contributed by atoms with Crippen LogP contribution in [0.4, 0.5) is 8.78 Å². The maximum atomic E-state index is 13.6. The molecule has 8 nitrogen and oxygen atoms in total. The Balaban J connectivity index is 1.74. The lowest BCUT2D eigenvalue weighted by Crippen LogP contribution is -2.26. The summed E-state index contributed by atoms with van der Waals surface area (Å²) < 4.78 is 32.3. The first-order valence-electron chi connectivity index (χ1n) is 9.55. The molecule has 0 fully saturated rings. The Morgan fingerprint density at radius 2 is 1.62 bits per heavy atom. The zero-order valence-corrected chi connectivity index (χ0v) is 17.4. The second kappa shape index (κ2) is 7.41. The zero-order valence-electron chi connectivity index (χ0n) is 16.7. The van der Waals surface area contributed by atoms with Crippen molar-refractivity contribution in [3.05, 3.63) is 97.3 Å². The minimum absolute atomic E-state index is 0.0901. The largest absolute Gasteiger partial charge is 0.352 e.